The van der Waals surface area contributed by atoms with E-state index >= 15 is 0 Å². The summed E-state index contributed by atoms with van der Waals surface area (Å²) < 4.78 is 16.9. The summed E-state index contributed by atoms with van der Waals surface area (Å²) in [5.74, 6) is -0.844. The van der Waals surface area contributed by atoms with Crippen LogP contribution in [0.5, 0.6) is 0 Å². The first-order chi connectivity index (χ1) is 34.0. The molecule has 0 heterocycles. The molecule has 0 aliphatic rings. The molecule has 0 radical (unpaired) electrons. The van der Waals surface area contributed by atoms with Crippen LogP contribution < -0.4 is 0 Å². The van der Waals surface area contributed by atoms with Crippen LogP contribution >= 0.6 is 0 Å². The fourth-order valence-corrected chi connectivity index (χ4v) is 9.30. The lowest BCUT2D eigenvalue weighted by Gasteiger charge is -2.18. The summed E-state index contributed by atoms with van der Waals surface area (Å²) in [4.78, 5) is 38.2. The number of ether oxygens (including phenoxy) is 3. The van der Waals surface area contributed by atoms with Gasteiger partial charge in [-0.15, -0.1) is 0 Å². The van der Waals surface area contributed by atoms with Crippen molar-refractivity contribution in [3.63, 3.8) is 0 Å². The van der Waals surface area contributed by atoms with Crippen LogP contribution in [0.3, 0.4) is 0 Å². The van der Waals surface area contributed by atoms with Gasteiger partial charge in [-0.25, -0.2) is 0 Å². The lowest BCUT2D eigenvalue weighted by Crippen LogP contribution is -2.30. The number of carbonyl (C=O) groups excluding carboxylic acids is 3. The number of carbonyl (C=O) groups is 3. The van der Waals surface area contributed by atoms with Gasteiger partial charge in [-0.2, -0.15) is 0 Å². The van der Waals surface area contributed by atoms with E-state index in [0.29, 0.717) is 19.3 Å². The molecule has 0 fully saturated rings. The molecule has 0 saturated carbocycles. The first-order valence-corrected chi connectivity index (χ1v) is 30.8. The second-order valence-electron chi connectivity index (χ2n) is 21.0. The van der Waals surface area contributed by atoms with Crippen molar-refractivity contribution in [1.82, 2.24) is 0 Å². The maximum absolute atomic E-state index is 12.9. The molecule has 0 aliphatic heterocycles. The SMILES string of the molecule is CCCCC/C=C/C/C=C/CCCCCCCCCCCC(=O)OC[C@@H](COC(=O)CCCCCCCCCCCCCCCC)OC(=O)CCCCCCCCCCCCCCCCCCCC. The molecule has 6 nitrogen and oxygen atoms in total. The summed E-state index contributed by atoms with van der Waals surface area (Å²) in [7, 11) is 0. The summed E-state index contributed by atoms with van der Waals surface area (Å²) in [5.41, 5.74) is 0. The number of esters is 3. The van der Waals surface area contributed by atoms with E-state index in [1.54, 1.807) is 0 Å². The molecule has 6 heteroatoms. The van der Waals surface area contributed by atoms with Crippen molar-refractivity contribution in [3.8, 4) is 0 Å². The Bertz CT molecular complexity index is 1110. The highest BCUT2D eigenvalue weighted by molar-refractivity contribution is 5.71. The molecule has 0 aromatic carbocycles. The number of hydrogen-bond acceptors (Lipinski definition) is 6. The Morgan fingerprint density at radius 3 is 0.826 bits per heavy atom. The summed E-state index contributed by atoms with van der Waals surface area (Å²) in [6.07, 6.45) is 68.8. The Hall–Kier alpha value is -2.11. The van der Waals surface area contributed by atoms with Crippen molar-refractivity contribution in [1.29, 1.82) is 0 Å². The van der Waals surface area contributed by atoms with Crippen LogP contribution in [0.1, 0.15) is 342 Å². The zero-order chi connectivity index (χ0) is 50.0. The van der Waals surface area contributed by atoms with Gasteiger partial charge in [0.15, 0.2) is 6.10 Å². The van der Waals surface area contributed by atoms with Gasteiger partial charge in [0, 0.05) is 19.3 Å². The van der Waals surface area contributed by atoms with Crippen LogP contribution in [0.4, 0.5) is 0 Å². The zero-order valence-corrected chi connectivity index (χ0v) is 46.6. The van der Waals surface area contributed by atoms with E-state index in [2.05, 4.69) is 45.1 Å². The monoisotopic (exact) mass is 971 g/mol. The van der Waals surface area contributed by atoms with E-state index in [1.807, 2.05) is 0 Å². The van der Waals surface area contributed by atoms with Crippen molar-refractivity contribution in [2.75, 3.05) is 13.2 Å². The molecule has 0 spiro atoms. The normalized spacial score (nSPS) is 12.1. The van der Waals surface area contributed by atoms with Gasteiger partial charge in [0.05, 0.1) is 0 Å². The maximum atomic E-state index is 12.9. The average molecular weight is 972 g/mol. The fraction of sp³-hybridized carbons (Fsp3) is 0.889. The molecule has 0 rings (SSSR count). The van der Waals surface area contributed by atoms with Gasteiger partial charge in [0.1, 0.15) is 13.2 Å². The fourth-order valence-electron chi connectivity index (χ4n) is 9.30. The summed E-state index contributed by atoms with van der Waals surface area (Å²) in [5, 5.41) is 0. The maximum Gasteiger partial charge on any atom is 0.306 e. The third-order valence-electron chi connectivity index (χ3n) is 14.0. The lowest BCUT2D eigenvalue weighted by atomic mass is 10.0. The van der Waals surface area contributed by atoms with E-state index in [9.17, 15) is 14.4 Å². The summed E-state index contributed by atoms with van der Waals surface area (Å²) >= 11 is 0. The lowest BCUT2D eigenvalue weighted by molar-refractivity contribution is -0.167. The number of hydrogen-bond donors (Lipinski definition) is 0. The Balaban J connectivity index is 4.31. The van der Waals surface area contributed by atoms with Gasteiger partial charge in [-0.1, -0.05) is 295 Å². The highest BCUT2D eigenvalue weighted by atomic mass is 16.6. The van der Waals surface area contributed by atoms with Crippen molar-refractivity contribution >= 4 is 17.9 Å². The molecule has 1 atom stereocenters. The van der Waals surface area contributed by atoms with Gasteiger partial charge in [-0.05, 0) is 51.4 Å². The second kappa shape index (κ2) is 58.5. The van der Waals surface area contributed by atoms with Gasteiger partial charge in [0.2, 0.25) is 0 Å². The first kappa shape index (κ1) is 66.9. The molecule has 0 saturated heterocycles. The quantitative estimate of drug-likeness (QED) is 0.0261. The van der Waals surface area contributed by atoms with Crippen molar-refractivity contribution < 1.29 is 28.6 Å². The third kappa shape index (κ3) is 56.7. The van der Waals surface area contributed by atoms with Crippen LogP contribution in [0.15, 0.2) is 24.3 Å². The minimum atomic E-state index is -0.768. The molecule has 0 amide bonds. The highest BCUT2D eigenvalue weighted by Crippen LogP contribution is 2.18. The molecule has 406 valence electrons. The molecule has 0 bridgehead atoms. The topological polar surface area (TPSA) is 78.9 Å². The van der Waals surface area contributed by atoms with E-state index in [1.165, 1.54) is 238 Å². The van der Waals surface area contributed by atoms with E-state index in [-0.39, 0.29) is 31.1 Å². The van der Waals surface area contributed by atoms with Crippen LogP contribution in [0.25, 0.3) is 0 Å². The molecule has 0 unspecified atom stereocenters. The number of unbranched alkanes of at least 4 members (excludes halogenated alkanes) is 42. The average Bonchev–Trinajstić information content (AvgIpc) is 3.35. The first-order valence-electron chi connectivity index (χ1n) is 30.8. The Morgan fingerprint density at radius 1 is 0.290 bits per heavy atom. The highest BCUT2D eigenvalue weighted by Gasteiger charge is 2.19. The van der Waals surface area contributed by atoms with Gasteiger partial charge < -0.3 is 14.2 Å². The minimum absolute atomic E-state index is 0.0663. The smallest absolute Gasteiger partial charge is 0.306 e. The third-order valence-corrected chi connectivity index (χ3v) is 14.0. The zero-order valence-electron chi connectivity index (χ0n) is 46.6. The molecule has 0 N–H and O–H groups in total. The molecule has 0 aromatic heterocycles. The van der Waals surface area contributed by atoms with Crippen molar-refractivity contribution in [2.24, 2.45) is 0 Å². The Labute approximate surface area is 430 Å². The van der Waals surface area contributed by atoms with Gasteiger partial charge >= 0.3 is 17.9 Å². The second-order valence-corrected chi connectivity index (χ2v) is 21.0. The van der Waals surface area contributed by atoms with Crippen molar-refractivity contribution in [2.45, 2.75) is 348 Å². The predicted octanol–water partition coefficient (Wildman–Crippen LogP) is 20.7. The minimum Gasteiger partial charge on any atom is -0.462 e. The number of allylic oxidation sites excluding steroid dienone is 4. The van der Waals surface area contributed by atoms with E-state index < -0.39 is 6.10 Å². The Morgan fingerprint density at radius 2 is 0.522 bits per heavy atom. The van der Waals surface area contributed by atoms with Gasteiger partial charge in [0.25, 0.3) is 0 Å². The molecular weight excluding hydrogens is 853 g/mol. The summed E-state index contributed by atoms with van der Waals surface area (Å²) in [6, 6.07) is 0. The van der Waals surface area contributed by atoms with Crippen LogP contribution in [0.2, 0.25) is 0 Å². The number of rotatable bonds is 57. The van der Waals surface area contributed by atoms with E-state index in [4.69, 9.17) is 14.2 Å². The Kier molecular flexibility index (Phi) is 56.7. The molecule has 69 heavy (non-hydrogen) atoms. The van der Waals surface area contributed by atoms with Gasteiger partial charge in [-0.3, -0.25) is 14.4 Å². The van der Waals surface area contributed by atoms with Crippen LogP contribution in [-0.2, 0) is 28.6 Å². The molecule has 0 aliphatic carbocycles. The largest absolute Gasteiger partial charge is 0.462 e. The standard InChI is InChI=1S/C63H118O6/c1-4-7-10-13-16-19-22-25-28-30-32-34-35-38-41-44-47-50-53-56-62(65)68-59-60(58-67-61(64)55-52-49-46-43-40-37-27-24-21-18-15-12-9-6-3)69-63(66)57-54-51-48-45-42-39-36-33-31-29-26-23-20-17-14-11-8-5-2/h16,19,25,28,60H,4-15,17-18,20-24,26-27,29-59H2,1-3H3/b19-16+,28-25+/t60-/m1/s1. The van der Waals surface area contributed by atoms with Crippen molar-refractivity contribution in [3.05, 3.63) is 24.3 Å². The van der Waals surface area contributed by atoms with E-state index in [0.717, 1.165) is 64.2 Å². The summed E-state index contributed by atoms with van der Waals surface area (Å²) in [6.45, 7) is 6.68. The predicted molar refractivity (Wildman–Crippen MR) is 298 cm³/mol. The molecular formula is C63H118O6. The van der Waals surface area contributed by atoms with Crippen LogP contribution in [0, 0.1) is 0 Å². The van der Waals surface area contributed by atoms with Crippen LogP contribution in [-0.4, -0.2) is 37.2 Å². The molecule has 0 aromatic rings.